The van der Waals surface area contributed by atoms with E-state index in [9.17, 15) is 21.6 Å². The number of benzene rings is 1. The van der Waals surface area contributed by atoms with Crippen LogP contribution in [0.5, 0.6) is 0 Å². The van der Waals surface area contributed by atoms with Crippen LogP contribution in [0.3, 0.4) is 0 Å². The molecule has 34 heavy (non-hydrogen) atoms. The first-order chi connectivity index (χ1) is 15.9. The molecule has 1 aromatic carbocycles. The third kappa shape index (κ3) is 3.62. The van der Waals surface area contributed by atoms with E-state index in [0.717, 1.165) is 12.3 Å². The number of nitrogens with zero attached hydrogens (tertiary/aromatic N) is 4. The van der Waals surface area contributed by atoms with E-state index in [0.29, 0.717) is 0 Å². The molecular weight excluding hydrogens is 469 g/mol. The number of nitrogens with one attached hydrogen (secondary N) is 1. The van der Waals surface area contributed by atoms with Crippen LogP contribution in [0.25, 0.3) is 10.9 Å². The SMILES string of the molecule is CC1(C)C(N)=NC(CF)(c2cc(Nc3ncc(F)c4cc(C#N)cnc34)ccc2F)CS1(=O)=O. The predicted octanol–water partition coefficient (Wildman–Crippen LogP) is 3.25. The molecule has 0 amide bonds. The Labute approximate surface area is 193 Å². The fraction of sp³-hybridized carbons (Fsp3) is 0.273. The van der Waals surface area contributed by atoms with Gasteiger partial charge >= 0.3 is 0 Å². The summed E-state index contributed by atoms with van der Waals surface area (Å²) in [4.78, 5) is 12.1. The molecule has 0 saturated carbocycles. The average Bonchev–Trinajstić information content (AvgIpc) is 2.80. The maximum atomic E-state index is 14.9. The number of sulfone groups is 1. The highest BCUT2D eigenvalue weighted by molar-refractivity contribution is 7.93. The highest BCUT2D eigenvalue weighted by Gasteiger charge is 2.51. The molecule has 176 valence electrons. The Balaban J connectivity index is 1.82. The van der Waals surface area contributed by atoms with Crippen LogP contribution in [0.2, 0.25) is 0 Å². The third-order valence-electron chi connectivity index (χ3n) is 5.91. The number of aromatic nitrogens is 2. The first-order valence-electron chi connectivity index (χ1n) is 9.99. The van der Waals surface area contributed by atoms with Crippen LogP contribution >= 0.6 is 0 Å². The molecule has 4 rings (SSSR count). The average molecular weight is 488 g/mol. The Morgan fingerprint density at radius 3 is 2.56 bits per heavy atom. The van der Waals surface area contributed by atoms with Gasteiger partial charge in [0.15, 0.2) is 21.5 Å². The van der Waals surface area contributed by atoms with E-state index in [4.69, 9.17) is 11.0 Å². The van der Waals surface area contributed by atoms with Crippen molar-refractivity contribution >= 4 is 38.1 Å². The number of hydrogen-bond acceptors (Lipinski definition) is 8. The van der Waals surface area contributed by atoms with E-state index >= 15 is 0 Å². The van der Waals surface area contributed by atoms with Crippen molar-refractivity contribution in [1.82, 2.24) is 9.97 Å². The smallest absolute Gasteiger partial charge is 0.165 e. The van der Waals surface area contributed by atoms with Gasteiger partial charge in [-0.2, -0.15) is 5.26 Å². The second kappa shape index (κ2) is 7.95. The highest BCUT2D eigenvalue weighted by Crippen LogP contribution is 2.39. The Bertz CT molecular complexity index is 1500. The lowest BCUT2D eigenvalue weighted by Crippen LogP contribution is -2.56. The summed E-state index contributed by atoms with van der Waals surface area (Å²) in [5, 5.41) is 11.9. The van der Waals surface area contributed by atoms with E-state index in [-0.39, 0.29) is 39.4 Å². The summed E-state index contributed by atoms with van der Waals surface area (Å²) in [5.41, 5.74) is 3.95. The number of halogens is 3. The molecule has 2 aromatic heterocycles. The fourth-order valence-electron chi connectivity index (χ4n) is 3.67. The summed E-state index contributed by atoms with van der Waals surface area (Å²) >= 11 is 0. The molecule has 1 unspecified atom stereocenters. The van der Waals surface area contributed by atoms with Crippen molar-refractivity contribution in [2.45, 2.75) is 24.1 Å². The van der Waals surface area contributed by atoms with Crippen LogP contribution in [0.4, 0.5) is 24.7 Å². The van der Waals surface area contributed by atoms with Gasteiger partial charge in [0.1, 0.15) is 40.2 Å². The molecule has 12 heteroatoms. The normalized spacial score (nSPS) is 21.0. The zero-order chi connectivity index (χ0) is 24.9. The largest absolute Gasteiger partial charge is 0.386 e. The molecule has 1 aliphatic heterocycles. The van der Waals surface area contributed by atoms with E-state index < -0.39 is 44.2 Å². The van der Waals surface area contributed by atoms with Crippen molar-refractivity contribution < 1.29 is 21.6 Å². The van der Waals surface area contributed by atoms with Crippen molar-refractivity contribution in [3.8, 4) is 6.07 Å². The minimum atomic E-state index is -3.98. The summed E-state index contributed by atoms with van der Waals surface area (Å²) < 4.78 is 67.6. The van der Waals surface area contributed by atoms with Crippen molar-refractivity contribution in [2.24, 2.45) is 10.7 Å². The summed E-state index contributed by atoms with van der Waals surface area (Å²) in [6.07, 6.45) is 2.18. The summed E-state index contributed by atoms with van der Waals surface area (Å²) in [6.45, 7) is 1.40. The summed E-state index contributed by atoms with van der Waals surface area (Å²) in [5.74, 6) is -2.57. The number of fused-ring (bicyclic) bond motifs is 1. The van der Waals surface area contributed by atoms with Crippen LogP contribution in [-0.4, -0.2) is 41.4 Å². The van der Waals surface area contributed by atoms with Gasteiger partial charge < -0.3 is 11.1 Å². The minimum absolute atomic E-state index is 0.0390. The maximum absolute atomic E-state index is 14.9. The summed E-state index contributed by atoms with van der Waals surface area (Å²) in [6, 6.07) is 6.74. The number of aliphatic imine (C=N–C) groups is 1. The number of pyridine rings is 2. The Hall–Kier alpha value is -3.72. The number of nitriles is 1. The predicted molar refractivity (Wildman–Crippen MR) is 121 cm³/mol. The first-order valence-corrected chi connectivity index (χ1v) is 11.6. The first kappa shape index (κ1) is 23.4. The lowest BCUT2D eigenvalue weighted by molar-refractivity contribution is 0.324. The zero-order valence-electron chi connectivity index (χ0n) is 18.1. The quantitative estimate of drug-likeness (QED) is 0.576. The van der Waals surface area contributed by atoms with Crippen molar-refractivity contribution in [3.05, 3.63) is 59.4 Å². The van der Waals surface area contributed by atoms with Crippen LogP contribution in [-0.2, 0) is 15.4 Å². The standard InChI is InChI=1S/C22H19F3N6O2S/c1-21(2)20(27)31-22(10-23,11-34(21,32)33)15-6-13(3-4-16(15)24)30-19-18-14(17(25)9-29-19)5-12(7-26)8-28-18/h3-6,8-9H,10-11H2,1-2H3,(H2,27,31)(H,29,30). The molecule has 3 aromatic rings. The van der Waals surface area contributed by atoms with Gasteiger partial charge in [0.05, 0.1) is 17.5 Å². The second-order valence-electron chi connectivity index (χ2n) is 8.44. The van der Waals surface area contributed by atoms with E-state index in [2.05, 4.69) is 20.3 Å². The topological polar surface area (TPSA) is 134 Å². The van der Waals surface area contributed by atoms with Gasteiger partial charge in [0.2, 0.25) is 0 Å². The van der Waals surface area contributed by atoms with Gasteiger partial charge in [-0.05, 0) is 38.1 Å². The van der Waals surface area contributed by atoms with Gasteiger partial charge in [0, 0.05) is 22.8 Å². The molecule has 3 N–H and O–H groups in total. The monoisotopic (exact) mass is 488 g/mol. The number of nitrogens with two attached hydrogens (primary N) is 1. The van der Waals surface area contributed by atoms with E-state index in [1.54, 1.807) is 0 Å². The highest BCUT2D eigenvalue weighted by atomic mass is 32.2. The Kier molecular flexibility index (Phi) is 5.48. The van der Waals surface area contributed by atoms with Gasteiger partial charge in [-0.3, -0.25) is 9.98 Å². The molecule has 0 radical (unpaired) electrons. The van der Waals surface area contributed by atoms with Crippen LogP contribution in [0.1, 0.15) is 25.0 Å². The molecule has 1 aliphatic rings. The minimum Gasteiger partial charge on any atom is -0.386 e. The molecule has 8 nitrogen and oxygen atoms in total. The Morgan fingerprint density at radius 1 is 1.18 bits per heavy atom. The molecule has 3 heterocycles. The van der Waals surface area contributed by atoms with E-state index in [1.807, 2.05) is 6.07 Å². The molecule has 0 spiro atoms. The molecule has 0 aliphatic carbocycles. The molecule has 0 saturated heterocycles. The van der Waals surface area contributed by atoms with Gasteiger partial charge in [-0.25, -0.2) is 26.6 Å². The lowest BCUT2D eigenvalue weighted by atomic mass is 9.92. The van der Waals surface area contributed by atoms with Crippen LogP contribution in [0.15, 0.2) is 41.7 Å². The van der Waals surface area contributed by atoms with Gasteiger partial charge in [-0.15, -0.1) is 0 Å². The van der Waals surface area contributed by atoms with Gasteiger partial charge in [-0.1, -0.05) is 0 Å². The Morgan fingerprint density at radius 2 is 1.91 bits per heavy atom. The lowest BCUT2D eigenvalue weighted by Gasteiger charge is -2.38. The number of rotatable bonds is 4. The van der Waals surface area contributed by atoms with E-state index in [1.165, 1.54) is 38.2 Å². The van der Waals surface area contributed by atoms with Crippen molar-refractivity contribution in [1.29, 1.82) is 5.26 Å². The zero-order valence-corrected chi connectivity index (χ0v) is 18.9. The van der Waals surface area contributed by atoms with Crippen molar-refractivity contribution in [2.75, 3.05) is 17.7 Å². The van der Waals surface area contributed by atoms with Gasteiger partial charge in [0.25, 0.3) is 0 Å². The van der Waals surface area contributed by atoms with Crippen LogP contribution < -0.4 is 11.1 Å². The second-order valence-corrected chi connectivity index (χ2v) is 11.0. The molecular formula is C22H19F3N6O2S. The third-order valence-corrected chi connectivity index (χ3v) is 8.54. The number of amidine groups is 1. The molecule has 0 bridgehead atoms. The molecule has 1 atom stereocenters. The fourth-order valence-corrected chi connectivity index (χ4v) is 5.32. The number of anilines is 2. The van der Waals surface area contributed by atoms with Crippen LogP contribution in [0, 0.1) is 23.0 Å². The number of alkyl halides is 1. The molecule has 0 fully saturated rings. The van der Waals surface area contributed by atoms with Crippen molar-refractivity contribution in [3.63, 3.8) is 0 Å². The summed E-state index contributed by atoms with van der Waals surface area (Å²) in [7, 11) is -3.98. The maximum Gasteiger partial charge on any atom is 0.165 e. The number of hydrogen-bond donors (Lipinski definition) is 2.